The Balaban J connectivity index is 0.000000948. The predicted molar refractivity (Wildman–Crippen MR) is 120 cm³/mol. The molecule has 0 aromatic heterocycles. The first-order valence-corrected chi connectivity index (χ1v) is 11.4. The molecular formula is C24H46N2. The molecule has 0 amide bonds. The van der Waals surface area contributed by atoms with Crippen molar-refractivity contribution < 1.29 is 0 Å². The highest BCUT2D eigenvalue weighted by Crippen LogP contribution is 2.28. The second-order valence-electron chi connectivity index (χ2n) is 6.63. The maximum Gasteiger partial charge on any atom is 0.0368 e. The lowest BCUT2D eigenvalue weighted by atomic mass is 9.90. The van der Waals surface area contributed by atoms with Crippen LogP contribution in [0, 0.1) is 5.92 Å². The van der Waals surface area contributed by atoms with Crippen LogP contribution in [0.25, 0.3) is 0 Å². The number of para-hydroxylation sites is 1. The van der Waals surface area contributed by atoms with Gasteiger partial charge in [0.2, 0.25) is 0 Å². The number of benzene rings is 1. The molecule has 2 aliphatic rings. The minimum Gasteiger partial charge on any atom is -0.369 e. The van der Waals surface area contributed by atoms with Gasteiger partial charge in [-0.2, -0.15) is 0 Å². The van der Waals surface area contributed by atoms with Crippen LogP contribution in [0.3, 0.4) is 0 Å². The van der Waals surface area contributed by atoms with Crippen molar-refractivity contribution >= 4 is 5.69 Å². The van der Waals surface area contributed by atoms with Crippen LogP contribution in [-0.4, -0.2) is 37.1 Å². The summed E-state index contributed by atoms with van der Waals surface area (Å²) in [6.07, 6.45) is 6.98. The topological polar surface area (TPSA) is 6.48 Å². The number of hydrogen-bond donors (Lipinski definition) is 0. The van der Waals surface area contributed by atoms with Gasteiger partial charge in [-0.25, -0.2) is 0 Å². The molecular weight excluding hydrogens is 316 g/mol. The lowest BCUT2D eigenvalue weighted by Crippen LogP contribution is -2.44. The SMILES string of the molecule is CC.CC.CC.CC1CC(CN2CCCCC2)CCN1c1ccccc1. The minimum atomic E-state index is 0.681. The molecule has 0 bridgehead atoms. The third-order valence-corrected chi connectivity index (χ3v) is 5.04. The molecule has 0 N–H and O–H groups in total. The van der Waals surface area contributed by atoms with E-state index in [1.165, 1.54) is 64.0 Å². The van der Waals surface area contributed by atoms with Gasteiger partial charge < -0.3 is 9.80 Å². The summed E-state index contributed by atoms with van der Waals surface area (Å²) < 4.78 is 0. The zero-order valence-electron chi connectivity index (χ0n) is 18.8. The highest BCUT2D eigenvalue weighted by Gasteiger charge is 2.27. The molecule has 0 saturated carbocycles. The summed E-state index contributed by atoms with van der Waals surface area (Å²) in [5, 5.41) is 0. The van der Waals surface area contributed by atoms with Crippen LogP contribution in [-0.2, 0) is 0 Å². The first-order valence-electron chi connectivity index (χ1n) is 11.4. The first kappa shape index (κ1) is 25.0. The molecule has 2 unspecified atom stereocenters. The number of hydrogen-bond acceptors (Lipinski definition) is 2. The Hall–Kier alpha value is -1.02. The molecule has 0 spiro atoms. The molecule has 2 aliphatic heterocycles. The van der Waals surface area contributed by atoms with E-state index in [9.17, 15) is 0 Å². The number of nitrogens with zero attached hydrogens (tertiary/aromatic N) is 2. The van der Waals surface area contributed by atoms with Gasteiger partial charge in [-0.1, -0.05) is 66.2 Å². The molecule has 3 rings (SSSR count). The van der Waals surface area contributed by atoms with E-state index >= 15 is 0 Å². The molecule has 2 saturated heterocycles. The van der Waals surface area contributed by atoms with Gasteiger partial charge in [0, 0.05) is 24.8 Å². The Morgan fingerprint density at radius 1 is 0.808 bits per heavy atom. The van der Waals surface area contributed by atoms with Crippen LogP contribution in [0.4, 0.5) is 5.69 Å². The molecule has 0 radical (unpaired) electrons. The normalized spacial score (nSPS) is 22.7. The summed E-state index contributed by atoms with van der Waals surface area (Å²) in [5.74, 6) is 0.906. The van der Waals surface area contributed by atoms with Crippen molar-refractivity contribution in [2.75, 3.05) is 31.1 Å². The van der Waals surface area contributed by atoms with Crippen LogP contribution in [0.1, 0.15) is 80.6 Å². The van der Waals surface area contributed by atoms with Gasteiger partial charge in [0.05, 0.1) is 0 Å². The molecule has 1 aromatic carbocycles. The lowest BCUT2D eigenvalue weighted by molar-refractivity contribution is 0.174. The van der Waals surface area contributed by atoms with Crippen molar-refractivity contribution in [2.24, 2.45) is 5.92 Å². The molecule has 2 heterocycles. The van der Waals surface area contributed by atoms with E-state index in [0.29, 0.717) is 6.04 Å². The van der Waals surface area contributed by atoms with Crippen LogP contribution in [0.5, 0.6) is 0 Å². The quantitative estimate of drug-likeness (QED) is 0.579. The summed E-state index contributed by atoms with van der Waals surface area (Å²) in [6.45, 7) is 19.6. The zero-order valence-corrected chi connectivity index (χ0v) is 18.8. The second kappa shape index (κ2) is 16.2. The first-order chi connectivity index (χ1) is 12.8. The Bertz CT molecular complexity index is 398. The Labute approximate surface area is 165 Å². The van der Waals surface area contributed by atoms with Crippen molar-refractivity contribution in [3.05, 3.63) is 30.3 Å². The zero-order chi connectivity index (χ0) is 19.8. The molecule has 152 valence electrons. The van der Waals surface area contributed by atoms with E-state index in [4.69, 9.17) is 0 Å². The van der Waals surface area contributed by atoms with E-state index < -0.39 is 0 Å². The van der Waals surface area contributed by atoms with Gasteiger partial charge in [0.15, 0.2) is 0 Å². The number of anilines is 1. The van der Waals surface area contributed by atoms with Crippen LogP contribution in [0.15, 0.2) is 30.3 Å². The van der Waals surface area contributed by atoms with Crippen molar-refractivity contribution in [2.45, 2.75) is 86.6 Å². The fraction of sp³-hybridized carbons (Fsp3) is 0.750. The number of piperidine rings is 2. The molecule has 26 heavy (non-hydrogen) atoms. The van der Waals surface area contributed by atoms with Crippen LogP contribution < -0.4 is 4.90 Å². The van der Waals surface area contributed by atoms with E-state index in [1.807, 2.05) is 41.5 Å². The van der Waals surface area contributed by atoms with Crippen LogP contribution in [0.2, 0.25) is 0 Å². The summed E-state index contributed by atoms with van der Waals surface area (Å²) in [6, 6.07) is 11.6. The number of likely N-dealkylation sites (tertiary alicyclic amines) is 1. The largest absolute Gasteiger partial charge is 0.369 e. The average molecular weight is 363 g/mol. The summed E-state index contributed by atoms with van der Waals surface area (Å²) in [5.41, 5.74) is 1.40. The number of rotatable bonds is 3. The molecule has 0 aliphatic carbocycles. The van der Waals surface area contributed by atoms with Gasteiger partial charge in [0.1, 0.15) is 0 Å². The van der Waals surface area contributed by atoms with Gasteiger partial charge in [-0.3, -0.25) is 0 Å². The molecule has 2 heteroatoms. The smallest absolute Gasteiger partial charge is 0.0368 e. The molecule has 2 nitrogen and oxygen atoms in total. The molecule has 2 fully saturated rings. The van der Waals surface area contributed by atoms with Gasteiger partial charge in [-0.05, 0) is 63.7 Å². The summed E-state index contributed by atoms with van der Waals surface area (Å²) in [4.78, 5) is 5.30. The second-order valence-corrected chi connectivity index (χ2v) is 6.63. The minimum absolute atomic E-state index is 0.681. The predicted octanol–water partition coefficient (Wildman–Crippen LogP) is 6.86. The lowest BCUT2D eigenvalue weighted by Gasteiger charge is -2.41. The Morgan fingerprint density at radius 2 is 1.38 bits per heavy atom. The highest BCUT2D eigenvalue weighted by molar-refractivity contribution is 5.47. The van der Waals surface area contributed by atoms with Crippen molar-refractivity contribution in [1.29, 1.82) is 0 Å². The Kier molecular flexibility index (Phi) is 15.5. The van der Waals surface area contributed by atoms with Gasteiger partial charge in [0.25, 0.3) is 0 Å². The van der Waals surface area contributed by atoms with E-state index in [2.05, 4.69) is 47.1 Å². The van der Waals surface area contributed by atoms with E-state index in [0.717, 1.165) is 5.92 Å². The maximum atomic E-state index is 2.71. The van der Waals surface area contributed by atoms with Crippen LogP contribution >= 0.6 is 0 Å². The van der Waals surface area contributed by atoms with Crippen molar-refractivity contribution in [1.82, 2.24) is 4.90 Å². The van der Waals surface area contributed by atoms with Crippen molar-refractivity contribution in [3.8, 4) is 0 Å². The Morgan fingerprint density at radius 3 is 1.92 bits per heavy atom. The van der Waals surface area contributed by atoms with E-state index in [1.54, 1.807) is 0 Å². The highest BCUT2D eigenvalue weighted by atomic mass is 15.2. The van der Waals surface area contributed by atoms with Gasteiger partial charge in [-0.15, -0.1) is 0 Å². The fourth-order valence-corrected chi connectivity index (χ4v) is 3.95. The third kappa shape index (κ3) is 8.58. The monoisotopic (exact) mass is 362 g/mol. The summed E-state index contributed by atoms with van der Waals surface area (Å²) >= 11 is 0. The third-order valence-electron chi connectivity index (χ3n) is 5.04. The summed E-state index contributed by atoms with van der Waals surface area (Å²) in [7, 11) is 0. The average Bonchev–Trinajstić information content (AvgIpc) is 2.74. The fourth-order valence-electron chi connectivity index (χ4n) is 3.95. The standard InChI is InChI=1S/C18H28N2.3C2H6/c1-16-14-17(15-19-11-6-3-7-12-19)10-13-20(16)18-8-4-2-5-9-18;3*1-2/h2,4-5,8-9,16-17H,3,6-7,10-15H2,1H3;3*1-2H3. The molecule has 2 atom stereocenters. The van der Waals surface area contributed by atoms with Crippen molar-refractivity contribution in [3.63, 3.8) is 0 Å². The van der Waals surface area contributed by atoms with Gasteiger partial charge >= 0.3 is 0 Å². The molecule has 1 aromatic rings. The maximum absolute atomic E-state index is 2.71. The van der Waals surface area contributed by atoms with E-state index in [-0.39, 0.29) is 0 Å².